The van der Waals surface area contributed by atoms with Crippen LogP contribution in [0.2, 0.25) is 0 Å². The van der Waals surface area contributed by atoms with Gasteiger partial charge >= 0.3 is 0 Å². The molecule has 2 N–H and O–H groups in total. The van der Waals surface area contributed by atoms with E-state index >= 15 is 0 Å². The molecule has 0 amide bonds. The van der Waals surface area contributed by atoms with Crippen molar-refractivity contribution >= 4 is 0 Å². The lowest BCUT2D eigenvalue weighted by Gasteiger charge is -2.05. The zero-order chi connectivity index (χ0) is 9.80. The van der Waals surface area contributed by atoms with Crippen LogP contribution in [0.25, 0.3) is 0 Å². The van der Waals surface area contributed by atoms with Crippen molar-refractivity contribution in [2.75, 3.05) is 0 Å². The minimum Gasteiger partial charge on any atom is -0.326 e. The molecule has 0 aliphatic heterocycles. The summed E-state index contributed by atoms with van der Waals surface area (Å²) in [6, 6.07) is 5.78. The molecule has 0 radical (unpaired) electrons. The number of nitrogens with two attached hydrogens (primary N) is 1. The van der Waals surface area contributed by atoms with Gasteiger partial charge in [0.1, 0.15) is 0 Å². The second kappa shape index (κ2) is 4.02. The summed E-state index contributed by atoms with van der Waals surface area (Å²) in [5.41, 5.74) is 7.67. The molecule has 2 heterocycles. The topological polar surface area (TPSA) is 56.7 Å². The summed E-state index contributed by atoms with van der Waals surface area (Å²) in [7, 11) is 0. The van der Waals surface area contributed by atoms with Gasteiger partial charge in [0.05, 0.1) is 12.2 Å². The second-order valence-corrected chi connectivity index (χ2v) is 3.02. The van der Waals surface area contributed by atoms with Gasteiger partial charge in [-0.2, -0.15) is 5.10 Å². The molecule has 2 aromatic rings. The highest BCUT2D eigenvalue weighted by atomic mass is 15.3. The van der Waals surface area contributed by atoms with Crippen LogP contribution < -0.4 is 5.73 Å². The van der Waals surface area contributed by atoms with Crippen molar-refractivity contribution in [2.24, 2.45) is 5.73 Å². The fourth-order valence-corrected chi connectivity index (χ4v) is 1.35. The van der Waals surface area contributed by atoms with E-state index in [0.717, 1.165) is 11.3 Å². The Morgan fingerprint density at radius 1 is 1.29 bits per heavy atom. The molecule has 0 fully saturated rings. The van der Waals surface area contributed by atoms with Gasteiger partial charge in [0.15, 0.2) is 0 Å². The number of pyridine rings is 1. The smallest absolute Gasteiger partial charge is 0.0834 e. The molecule has 2 rings (SSSR count). The van der Waals surface area contributed by atoms with Crippen molar-refractivity contribution in [3.63, 3.8) is 0 Å². The summed E-state index contributed by atoms with van der Waals surface area (Å²) in [6.45, 7) is 1.20. The van der Waals surface area contributed by atoms with Crippen LogP contribution in [0.5, 0.6) is 0 Å². The SMILES string of the molecule is NCc1cccnc1Cn1cccn1. The first kappa shape index (κ1) is 8.90. The van der Waals surface area contributed by atoms with E-state index < -0.39 is 0 Å². The van der Waals surface area contributed by atoms with Crippen molar-refractivity contribution in [1.29, 1.82) is 0 Å². The third-order valence-corrected chi connectivity index (χ3v) is 2.08. The number of nitrogens with zero attached hydrogens (tertiary/aromatic N) is 3. The van der Waals surface area contributed by atoms with E-state index in [9.17, 15) is 0 Å². The molecule has 0 aliphatic rings. The molecule has 14 heavy (non-hydrogen) atoms. The zero-order valence-electron chi connectivity index (χ0n) is 7.80. The Bertz CT molecular complexity index is 394. The van der Waals surface area contributed by atoms with Crippen LogP contribution in [0.15, 0.2) is 36.8 Å². The summed E-state index contributed by atoms with van der Waals surface area (Å²) < 4.78 is 1.83. The first-order chi connectivity index (χ1) is 6.90. The lowest BCUT2D eigenvalue weighted by atomic mass is 10.2. The van der Waals surface area contributed by atoms with Crippen LogP contribution in [-0.2, 0) is 13.1 Å². The van der Waals surface area contributed by atoms with Crippen LogP contribution in [0.1, 0.15) is 11.3 Å². The lowest BCUT2D eigenvalue weighted by molar-refractivity contribution is 0.665. The van der Waals surface area contributed by atoms with Crippen LogP contribution in [-0.4, -0.2) is 14.8 Å². The molecule has 0 saturated carbocycles. The fraction of sp³-hybridized carbons (Fsp3) is 0.200. The Morgan fingerprint density at radius 2 is 2.21 bits per heavy atom. The maximum atomic E-state index is 5.61. The molecule has 4 heteroatoms. The maximum absolute atomic E-state index is 5.61. The number of hydrogen-bond donors (Lipinski definition) is 1. The molecule has 0 bridgehead atoms. The molecule has 0 unspecified atom stereocenters. The monoisotopic (exact) mass is 188 g/mol. The molecule has 0 saturated heterocycles. The lowest BCUT2D eigenvalue weighted by Crippen LogP contribution is -2.08. The summed E-state index contributed by atoms with van der Waals surface area (Å²) in [6.07, 6.45) is 5.44. The Balaban J connectivity index is 2.24. The molecule has 0 aromatic carbocycles. The number of rotatable bonds is 3. The normalized spacial score (nSPS) is 10.4. The van der Waals surface area contributed by atoms with Crippen molar-refractivity contribution in [3.05, 3.63) is 48.0 Å². The predicted octanol–water partition coefficient (Wildman–Crippen LogP) is 0.785. The van der Waals surface area contributed by atoms with Crippen LogP contribution in [0.3, 0.4) is 0 Å². The average molecular weight is 188 g/mol. The van der Waals surface area contributed by atoms with E-state index in [1.54, 1.807) is 12.4 Å². The zero-order valence-corrected chi connectivity index (χ0v) is 7.80. The maximum Gasteiger partial charge on any atom is 0.0834 e. The first-order valence-corrected chi connectivity index (χ1v) is 4.50. The first-order valence-electron chi connectivity index (χ1n) is 4.50. The number of aromatic nitrogens is 3. The third kappa shape index (κ3) is 1.80. The van der Waals surface area contributed by atoms with E-state index in [1.807, 2.05) is 29.1 Å². The van der Waals surface area contributed by atoms with E-state index in [0.29, 0.717) is 13.1 Å². The van der Waals surface area contributed by atoms with Gasteiger partial charge in [-0.05, 0) is 17.7 Å². The Hall–Kier alpha value is -1.68. The quantitative estimate of drug-likeness (QED) is 0.774. The van der Waals surface area contributed by atoms with E-state index in [4.69, 9.17) is 5.73 Å². The standard InChI is InChI=1S/C10H12N4/c11-7-9-3-1-4-12-10(9)8-14-6-2-5-13-14/h1-6H,7-8,11H2. The predicted molar refractivity (Wildman–Crippen MR) is 53.5 cm³/mol. The molecular formula is C10H12N4. The largest absolute Gasteiger partial charge is 0.326 e. The van der Waals surface area contributed by atoms with Crippen LogP contribution >= 0.6 is 0 Å². The molecule has 4 nitrogen and oxygen atoms in total. The molecule has 0 atom stereocenters. The van der Waals surface area contributed by atoms with Crippen molar-refractivity contribution in [2.45, 2.75) is 13.1 Å². The van der Waals surface area contributed by atoms with E-state index in [-0.39, 0.29) is 0 Å². The van der Waals surface area contributed by atoms with E-state index in [1.165, 1.54) is 0 Å². The molecule has 2 aromatic heterocycles. The van der Waals surface area contributed by atoms with Gasteiger partial charge < -0.3 is 5.73 Å². The Labute approximate surface area is 82.4 Å². The van der Waals surface area contributed by atoms with Gasteiger partial charge in [-0.25, -0.2) is 0 Å². The average Bonchev–Trinajstić information content (AvgIpc) is 2.71. The molecule has 0 aliphatic carbocycles. The van der Waals surface area contributed by atoms with Gasteiger partial charge in [0.25, 0.3) is 0 Å². The molecule has 0 spiro atoms. The fourth-order valence-electron chi connectivity index (χ4n) is 1.35. The van der Waals surface area contributed by atoms with Crippen LogP contribution in [0, 0.1) is 0 Å². The third-order valence-electron chi connectivity index (χ3n) is 2.08. The summed E-state index contributed by atoms with van der Waals surface area (Å²) in [5, 5.41) is 4.12. The van der Waals surface area contributed by atoms with Crippen molar-refractivity contribution in [1.82, 2.24) is 14.8 Å². The van der Waals surface area contributed by atoms with Gasteiger partial charge in [-0.3, -0.25) is 9.67 Å². The number of hydrogen-bond acceptors (Lipinski definition) is 3. The highest BCUT2D eigenvalue weighted by Gasteiger charge is 2.01. The van der Waals surface area contributed by atoms with Gasteiger partial charge in [-0.1, -0.05) is 6.07 Å². The van der Waals surface area contributed by atoms with E-state index in [2.05, 4.69) is 10.1 Å². The van der Waals surface area contributed by atoms with Gasteiger partial charge in [0, 0.05) is 25.1 Å². The van der Waals surface area contributed by atoms with Crippen molar-refractivity contribution < 1.29 is 0 Å². The summed E-state index contributed by atoms with van der Waals surface area (Å²) in [5.74, 6) is 0. The Kier molecular flexibility index (Phi) is 2.55. The molecular weight excluding hydrogens is 176 g/mol. The summed E-state index contributed by atoms with van der Waals surface area (Å²) >= 11 is 0. The van der Waals surface area contributed by atoms with Gasteiger partial charge in [0.2, 0.25) is 0 Å². The minimum absolute atomic E-state index is 0.518. The van der Waals surface area contributed by atoms with Crippen LogP contribution in [0.4, 0.5) is 0 Å². The highest BCUT2D eigenvalue weighted by Crippen LogP contribution is 2.05. The van der Waals surface area contributed by atoms with Gasteiger partial charge in [-0.15, -0.1) is 0 Å². The minimum atomic E-state index is 0.518. The summed E-state index contributed by atoms with van der Waals surface area (Å²) in [4.78, 5) is 4.28. The second-order valence-electron chi connectivity index (χ2n) is 3.02. The highest BCUT2D eigenvalue weighted by molar-refractivity contribution is 5.19. The van der Waals surface area contributed by atoms with Crippen molar-refractivity contribution in [3.8, 4) is 0 Å². The Morgan fingerprint density at radius 3 is 2.93 bits per heavy atom. The molecule has 72 valence electrons.